The highest BCUT2D eigenvalue weighted by Gasteiger charge is 2.26. The molecule has 0 atom stereocenters. The first-order valence-electron chi connectivity index (χ1n) is 6.93. The molecule has 0 spiro atoms. The zero-order chi connectivity index (χ0) is 17.0. The number of hydrogen-bond acceptors (Lipinski definition) is 8. The average molecular weight is 323 g/mol. The van der Waals surface area contributed by atoms with Gasteiger partial charge in [0.1, 0.15) is 16.2 Å². The highest BCUT2D eigenvalue weighted by Crippen LogP contribution is 2.30. The zero-order valence-electron chi connectivity index (χ0n) is 13.1. The number of carbonyl (C=O) groups excluding carboxylic acids is 1. The fourth-order valence-electron chi connectivity index (χ4n) is 1.95. The molecule has 0 aliphatic rings. The lowest BCUT2D eigenvalue weighted by Gasteiger charge is -2.09. The van der Waals surface area contributed by atoms with Crippen LogP contribution in [0.3, 0.4) is 0 Å². The van der Waals surface area contributed by atoms with Crippen molar-refractivity contribution in [3.63, 3.8) is 0 Å². The minimum atomic E-state index is -0.671. The number of aromatic nitrogens is 1. The summed E-state index contributed by atoms with van der Waals surface area (Å²) in [6, 6.07) is 2.55. The SMILES string of the molecule is Cc1onc(-c2ccc([N+](=O)[O-])o2)c1C(=O)OCCCN(C)C. The van der Waals surface area contributed by atoms with Crippen LogP contribution in [0.2, 0.25) is 0 Å². The van der Waals surface area contributed by atoms with Crippen molar-refractivity contribution >= 4 is 11.9 Å². The topological polar surface area (TPSA) is 112 Å². The van der Waals surface area contributed by atoms with Gasteiger partial charge in [0.25, 0.3) is 0 Å². The monoisotopic (exact) mass is 323 g/mol. The predicted molar refractivity (Wildman–Crippen MR) is 79.0 cm³/mol. The van der Waals surface area contributed by atoms with Gasteiger partial charge in [0, 0.05) is 6.54 Å². The molecule has 0 saturated heterocycles. The summed E-state index contributed by atoms with van der Waals surface area (Å²) in [5.41, 5.74) is 0.201. The Bertz CT molecular complexity index is 703. The maximum Gasteiger partial charge on any atom is 0.433 e. The number of rotatable bonds is 7. The standard InChI is InChI=1S/C14H17N3O6/c1-9-12(14(18)21-8-4-7-16(2)3)13(15-23-9)10-5-6-11(22-10)17(19)20/h5-6H,4,7-8H2,1-3H3. The smallest absolute Gasteiger partial charge is 0.433 e. The first kappa shape index (κ1) is 16.7. The van der Waals surface area contributed by atoms with E-state index in [-0.39, 0.29) is 29.4 Å². The molecule has 9 heteroatoms. The first-order chi connectivity index (χ1) is 10.9. The van der Waals surface area contributed by atoms with E-state index in [9.17, 15) is 14.9 Å². The molecule has 0 N–H and O–H groups in total. The van der Waals surface area contributed by atoms with Crippen molar-refractivity contribution < 1.29 is 23.4 Å². The van der Waals surface area contributed by atoms with Crippen molar-refractivity contribution in [2.75, 3.05) is 27.2 Å². The summed E-state index contributed by atoms with van der Waals surface area (Å²) in [5.74, 6) is -0.701. The zero-order valence-corrected chi connectivity index (χ0v) is 13.1. The quantitative estimate of drug-likeness (QED) is 0.330. The van der Waals surface area contributed by atoms with Crippen molar-refractivity contribution in [1.82, 2.24) is 10.1 Å². The summed E-state index contributed by atoms with van der Waals surface area (Å²) >= 11 is 0. The van der Waals surface area contributed by atoms with Crippen LogP contribution in [0.15, 0.2) is 21.1 Å². The van der Waals surface area contributed by atoms with E-state index in [1.807, 2.05) is 19.0 Å². The Balaban J connectivity index is 2.14. The number of nitro groups is 1. The molecule has 0 bridgehead atoms. The molecular weight excluding hydrogens is 306 g/mol. The second kappa shape index (κ2) is 7.05. The van der Waals surface area contributed by atoms with Gasteiger partial charge in [0.05, 0.1) is 12.7 Å². The van der Waals surface area contributed by atoms with Crippen molar-refractivity contribution in [3.8, 4) is 11.5 Å². The lowest BCUT2D eigenvalue weighted by molar-refractivity contribution is -0.401. The van der Waals surface area contributed by atoms with Crippen LogP contribution >= 0.6 is 0 Å². The Hall–Kier alpha value is -2.68. The van der Waals surface area contributed by atoms with Crippen molar-refractivity contribution in [1.29, 1.82) is 0 Å². The summed E-state index contributed by atoms with van der Waals surface area (Å²) in [6.07, 6.45) is 0.685. The molecule has 2 heterocycles. The third kappa shape index (κ3) is 3.95. The molecule has 0 fully saturated rings. The van der Waals surface area contributed by atoms with Gasteiger partial charge in [-0.2, -0.15) is 0 Å². The number of aryl methyl sites for hydroxylation is 1. The molecule has 2 aromatic rings. The van der Waals surface area contributed by atoms with Crippen LogP contribution in [0, 0.1) is 17.0 Å². The Kier molecular flexibility index (Phi) is 5.12. The number of furan rings is 1. The predicted octanol–water partition coefficient (Wildman–Crippen LogP) is 2.26. The minimum Gasteiger partial charge on any atom is -0.462 e. The van der Waals surface area contributed by atoms with Crippen LogP contribution in [-0.4, -0.2) is 48.2 Å². The van der Waals surface area contributed by atoms with E-state index in [4.69, 9.17) is 13.7 Å². The maximum absolute atomic E-state index is 12.2. The molecule has 9 nitrogen and oxygen atoms in total. The molecule has 0 radical (unpaired) electrons. The summed E-state index contributed by atoms with van der Waals surface area (Å²) in [6.45, 7) is 2.59. The van der Waals surface area contributed by atoms with E-state index in [1.54, 1.807) is 6.92 Å². The fourth-order valence-corrected chi connectivity index (χ4v) is 1.95. The second-order valence-electron chi connectivity index (χ2n) is 5.15. The molecule has 0 unspecified atom stereocenters. The minimum absolute atomic E-state index is 0.0776. The summed E-state index contributed by atoms with van der Waals surface area (Å²) in [7, 11) is 3.85. The Morgan fingerprint density at radius 1 is 1.43 bits per heavy atom. The molecule has 0 aliphatic carbocycles. The number of nitrogens with zero attached hydrogens (tertiary/aromatic N) is 3. The van der Waals surface area contributed by atoms with E-state index in [2.05, 4.69) is 5.16 Å². The van der Waals surface area contributed by atoms with E-state index in [1.165, 1.54) is 12.1 Å². The van der Waals surface area contributed by atoms with Gasteiger partial charge in [-0.05, 0) is 33.5 Å². The lowest BCUT2D eigenvalue weighted by Crippen LogP contribution is -2.16. The molecule has 0 saturated carbocycles. The molecular formula is C14H17N3O6. The van der Waals surface area contributed by atoms with Gasteiger partial charge in [0.2, 0.25) is 0 Å². The fraction of sp³-hybridized carbons (Fsp3) is 0.429. The van der Waals surface area contributed by atoms with Crippen LogP contribution in [0.4, 0.5) is 5.88 Å². The number of hydrogen-bond donors (Lipinski definition) is 0. The lowest BCUT2D eigenvalue weighted by atomic mass is 10.1. The summed E-state index contributed by atoms with van der Waals surface area (Å²) in [5, 5.41) is 14.4. The molecule has 0 aromatic carbocycles. The van der Waals surface area contributed by atoms with Crippen LogP contribution in [0.1, 0.15) is 22.5 Å². The summed E-state index contributed by atoms with van der Waals surface area (Å²) in [4.78, 5) is 24.2. The van der Waals surface area contributed by atoms with Crippen LogP contribution in [0.25, 0.3) is 11.5 Å². The maximum atomic E-state index is 12.2. The number of carbonyl (C=O) groups is 1. The average Bonchev–Trinajstić information content (AvgIpc) is 3.09. The first-order valence-corrected chi connectivity index (χ1v) is 6.93. The molecule has 2 rings (SSSR count). The van der Waals surface area contributed by atoms with Crippen molar-refractivity contribution in [2.45, 2.75) is 13.3 Å². The molecule has 23 heavy (non-hydrogen) atoms. The third-order valence-electron chi connectivity index (χ3n) is 3.05. The Morgan fingerprint density at radius 2 is 2.17 bits per heavy atom. The van der Waals surface area contributed by atoms with Crippen molar-refractivity contribution in [3.05, 3.63) is 33.6 Å². The molecule has 124 valence electrons. The molecule has 2 aromatic heterocycles. The highest BCUT2D eigenvalue weighted by atomic mass is 16.6. The summed E-state index contributed by atoms with van der Waals surface area (Å²) < 4.78 is 15.2. The van der Waals surface area contributed by atoms with Crippen molar-refractivity contribution in [2.24, 2.45) is 0 Å². The van der Waals surface area contributed by atoms with Crippen LogP contribution in [-0.2, 0) is 4.74 Å². The molecule has 0 amide bonds. The Morgan fingerprint density at radius 3 is 2.78 bits per heavy atom. The van der Waals surface area contributed by atoms with Gasteiger partial charge < -0.3 is 18.6 Å². The van der Waals surface area contributed by atoms with Gasteiger partial charge in [-0.25, -0.2) is 4.79 Å². The van der Waals surface area contributed by atoms with E-state index in [0.717, 1.165) is 6.54 Å². The van der Waals surface area contributed by atoms with Gasteiger partial charge in [-0.1, -0.05) is 5.16 Å². The number of ether oxygens (including phenoxy) is 1. The largest absolute Gasteiger partial charge is 0.462 e. The van der Waals surface area contributed by atoms with E-state index >= 15 is 0 Å². The van der Waals surface area contributed by atoms with E-state index < -0.39 is 16.8 Å². The normalized spacial score (nSPS) is 11.0. The Labute approximate surface area is 131 Å². The third-order valence-corrected chi connectivity index (χ3v) is 3.05. The van der Waals surface area contributed by atoms with Gasteiger partial charge in [-0.3, -0.25) is 10.1 Å². The van der Waals surface area contributed by atoms with Gasteiger partial charge in [0.15, 0.2) is 11.5 Å². The molecule has 0 aliphatic heterocycles. The number of esters is 1. The van der Waals surface area contributed by atoms with E-state index in [0.29, 0.717) is 6.42 Å². The van der Waals surface area contributed by atoms with Crippen LogP contribution in [0.5, 0.6) is 0 Å². The van der Waals surface area contributed by atoms with Crippen LogP contribution < -0.4 is 0 Å². The van der Waals surface area contributed by atoms with Gasteiger partial charge >= 0.3 is 11.9 Å². The van der Waals surface area contributed by atoms with Gasteiger partial charge in [-0.15, -0.1) is 0 Å². The second-order valence-corrected chi connectivity index (χ2v) is 5.15. The highest BCUT2D eigenvalue weighted by molar-refractivity contribution is 5.96.